The molecule has 1 atom stereocenters. The Labute approximate surface area is 282 Å². The Morgan fingerprint density at radius 1 is 1.12 bits per heavy atom. The molecule has 1 unspecified atom stereocenters. The van der Waals surface area contributed by atoms with Gasteiger partial charge in [-0.3, -0.25) is 18.6 Å². The summed E-state index contributed by atoms with van der Waals surface area (Å²) >= 11 is 0. The Hall–Kier alpha value is -3.07. The number of hydrogen-bond acceptors (Lipinski definition) is 13. The van der Waals surface area contributed by atoms with Crippen molar-refractivity contribution in [2.75, 3.05) is 55.4 Å². The van der Waals surface area contributed by atoms with Crippen molar-refractivity contribution < 1.29 is 45.3 Å². The van der Waals surface area contributed by atoms with Crippen molar-refractivity contribution in [1.29, 1.82) is 0 Å². The van der Waals surface area contributed by atoms with Gasteiger partial charge in [0, 0.05) is 18.7 Å². The topological polar surface area (TPSA) is 216 Å². The Morgan fingerprint density at radius 2 is 1.81 bits per heavy atom. The summed E-state index contributed by atoms with van der Waals surface area (Å²) in [6, 6.07) is 10.3. The van der Waals surface area contributed by atoms with Gasteiger partial charge in [-0.2, -0.15) is 4.72 Å². The molecule has 1 fully saturated rings. The van der Waals surface area contributed by atoms with Gasteiger partial charge >= 0.3 is 0 Å². The largest absolute Gasteiger partial charge is 0.506 e. The van der Waals surface area contributed by atoms with Gasteiger partial charge in [-0.15, -0.1) is 4.40 Å². The number of carbonyl (C=O) groups is 1. The molecule has 2 heterocycles. The number of nitrogens with zero attached hydrogens (tertiary/aromatic N) is 2. The highest BCUT2D eigenvalue weighted by atomic mass is 32.3. The second kappa shape index (κ2) is 13.7. The van der Waals surface area contributed by atoms with Crippen LogP contribution in [0.25, 0.3) is 5.76 Å². The fourth-order valence-corrected chi connectivity index (χ4v) is 9.01. The van der Waals surface area contributed by atoms with Gasteiger partial charge in [0.25, 0.3) is 0 Å². The van der Waals surface area contributed by atoms with Gasteiger partial charge in [-0.1, -0.05) is 48.9 Å². The maximum absolute atomic E-state index is 14.8. The third kappa shape index (κ3) is 7.87. The number of fused-ring (bicyclic) bond motifs is 2. The first-order valence-corrected chi connectivity index (χ1v) is 20.2. The molecule has 0 saturated carbocycles. The molecule has 18 heteroatoms. The number of aliphatic hydroxyl groups excluding tert-OH is 1. The van der Waals surface area contributed by atoms with Crippen molar-refractivity contribution in [1.82, 2.24) is 9.62 Å². The number of Topliss-reactive ketones (excluding diaryl/α,β-unsaturated/α-hetero) is 1. The average Bonchev–Trinajstić information content (AvgIpc) is 3.50. The lowest BCUT2D eigenvalue weighted by Gasteiger charge is -2.41. The number of benzene rings is 2. The minimum absolute atomic E-state index is 0.0246. The number of ether oxygens (including phenoxy) is 2. The van der Waals surface area contributed by atoms with Crippen molar-refractivity contribution in [2.24, 2.45) is 10.3 Å². The van der Waals surface area contributed by atoms with Gasteiger partial charge < -0.3 is 24.8 Å². The van der Waals surface area contributed by atoms with E-state index in [2.05, 4.69) is 19.2 Å². The van der Waals surface area contributed by atoms with Gasteiger partial charge in [-0.25, -0.2) is 16.8 Å². The number of anilines is 2. The highest BCUT2D eigenvalue weighted by Crippen LogP contribution is 2.57. The van der Waals surface area contributed by atoms with E-state index in [1.165, 1.54) is 18.2 Å². The molecule has 264 valence electrons. The number of carbonyl (C=O) groups excluding carboxylic acids is 1. The van der Waals surface area contributed by atoms with E-state index in [9.17, 15) is 35.8 Å². The van der Waals surface area contributed by atoms with Crippen molar-refractivity contribution in [2.45, 2.75) is 43.4 Å². The van der Waals surface area contributed by atoms with Crippen molar-refractivity contribution in [3.8, 4) is 0 Å². The molecule has 3 aliphatic rings. The zero-order chi connectivity index (χ0) is 35.1. The molecular weight excluding hydrogens is 687 g/mol. The molecule has 2 aliphatic heterocycles. The van der Waals surface area contributed by atoms with Crippen molar-refractivity contribution in [3.63, 3.8) is 0 Å². The SMILES string of the molecule is CC(C)CCC1(NS(=O)(=O)CCN(C)CC2OCCO2)C(=O)C(C2=NS(O)(O)c3cc(NS(C)(=O)=O)ccc3N2)=C(O)c2ccccc21. The van der Waals surface area contributed by atoms with Crippen LogP contribution >= 0.6 is 10.8 Å². The summed E-state index contributed by atoms with van der Waals surface area (Å²) in [5.74, 6) is -2.04. The van der Waals surface area contributed by atoms with E-state index in [-0.39, 0.29) is 57.9 Å². The second-order valence-corrected chi connectivity index (χ2v) is 17.7. The molecule has 1 aliphatic carbocycles. The molecule has 5 rings (SSSR count). The van der Waals surface area contributed by atoms with Gasteiger partial charge in [-0.05, 0) is 49.6 Å². The number of sulfonamides is 2. The average molecular weight is 728 g/mol. The van der Waals surface area contributed by atoms with Gasteiger partial charge in [0.2, 0.25) is 20.0 Å². The van der Waals surface area contributed by atoms with E-state index in [0.717, 1.165) is 6.26 Å². The van der Waals surface area contributed by atoms with Crippen molar-refractivity contribution >= 4 is 59.6 Å². The van der Waals surface area contributed by atoms with E-state index >= 15 is 0 Å². The van der Waals surface area contributed by atoms with Gasteiger partial charge in [0.15, 0.2) is 17.9 Å². The van der Waals surface area contributed by atoms with E-state index < -0.39 is 59.8 Å². The monoisotopic (exact) mass is 727 g/mol. The lowest BCUT2D eigenvalue weighted by Crippen LogP contribution is -2.56. The number of rotatable bonds is 13. The summed E-state index contributed by atoms with van der Waals surface area (Å²) in [5.41, 5.74) is -1.74. The normalized spacial score (nSPS) is 21.9. The summed E-state index contributed by atoms with van der Waals surface area (Å²) in [4.78, 5) is 16.4. The molecule has 0 bridgehead atoms. The van der Waals surface area contributed by atoms with Crippen LogP contribution in [0.4, 0.5) is 11.4 Å². The maximum atomic E-state index is 14.8. The summed E-state index contributed by atoms with van der Waals surface area (Å²) in [5, 5.41) is 14.4. The number of amidine groups is 1. The highest BCUT2D eigenvalue weighted by Gasteiger charge is 2.51. The molecule has 1 saturated heterocycles. The third-order valence-electron chi connectivity index (χ3n) is 8.10. The second-order valence-electron chi connectivity index (χ2n) is 12.5. The first-order chi connectivity index (χ1) is 22.4. The van der Waals surface area contributed by atoms with Gasteiger partial charge in [0.05, 0.1) is 36.6 Å². The van der Waals surface area contributed by atoms with Crippen LogP contribution in [0.5, 0.6) is 0 Å². The zero-order valence-electron chi connectivity index (χ0n) is 27.0. The fourth-order valence-electron chi connectivity index (χ4n) is 5.78. The zero-order valence-corrected chi connectivity index (χ0v) is 29.4. The summed E-state index contributed by atoms with van der Waals surface area (Å²) in [7, 11) is -10.2. The van der Waals surface area contributed by atoms with Crippen LogP contribution in [0.1, 0.15) is 37.8 Å². The van der Waals surface area contributed by atoms with Crippen LogP contribution in [0.2, 0.25) is 0 Å². The van der Waals surface area contributed by atoms with E-state index in [1.807, 2.05) is 13.8 Å². The minimum atomic E-state index is -4.16. The molecule has 15 nitrogen and oxygen atoms in total. The number of hydrogen-bond donors (Lipinski definition) is 6. The molecule has 0 aromatic heterocycles. The number of nitrogens with one attached hydrogen (secondary N) is 3. The Bertz CT molecular complexity index is 1860. The first-order valence-electron chi connectivity index (χ1n) is 15.2. The number of aliphatic hydroxyl groups is 1. The van der Waals surface area contributed by atoms with Crippen LogP contribution < -0.4 is 14.8 Å². The van der Waals surface area contributed by atoms with Crippen LogP contribution in [-0.4, -0.2) is 99.2 Å². The minimum Gasteiger partial charge on any atom is -0.506 e. The molecule has 6 N–H and O–H groups in total. The summed E-state index contributed by atoms with van der Waals surface area (Å²) < 4.78 is 93.3. The predicted octanol–water partition coefficient (Wildman–Crippen LogP) is 3.31. The maximum Gasteiger partial charge on any atom is 0.229 e. The van der Waals surface area contributed by atoms with Crippen LogP contribution in [0, 0.1) is 5.92 Å². The summed E-state index contributed by atoms with van der Waals surface area (Å²) in [6.07, 6.45) is 0.922. The lowest BCUT2D eigenvalue weighted by atomic mass is 9.72. The highest BCUT2D eigenvalue weighted by molar-refractivity contribution is 8.23. The van der Waals surface area contributed by atoms with Gasteiger partial charge in [0.1, 0.15) is 21.8 Å². The smallest absolute Gasteiger partial charge is 0.229 e. The van der Waals surface area contributed by atoms with E-state index in [4.69, 9.17) is 9.47 Å². The quantitative estimate of drug-likeness (QED) is 0.175. The lowest BCUT2D eigenvalue weighted by molar-refractivity contribution is -0.121. The van der Waals surface area contributed by atoms with Crippen molar-refractivity contribution in [3.05, 3.63) is 59.2 Å². The predicted molar refractivity (Wildman–Crippen MR) is 184 cm³/mol. The Balaban J connectivity index is 1.54. The Morgan fingerprint density at radius 3 is 2.48 bits per heavy atom. The molecule has 48 heavy (non-hydrogen) atoms. The van der Waals surface area contributed by atoms with Crippen LogP contribution in [-0.2, 0) is 39.9 Å². The number of ketones is 1. The standard InChI is InChI=1S/C30H41N5O10S3/c1-19(2)11-12-30(34-47(40,41)16-13-35(3)18-25-44-14-15-45-25)22-8-6-5-7-21(22)27(36)26(28(30)37)29-31-23-10-9-20(32-46(4,38)39)17-24(23)48(42,43)33-29/h5-10,17,19,25,32,34,36,42-43H,11-16,18H2,1-4H3,(H,31,33). The van der Waals surface area contributed by atoms with Crippen LogP contribution in [0.15, 0.2) is 57.3 Å². The summed E-state index contributed by atoms with van der Waals surface area (Å²) in [6.45, 7) is 5.24. The third-order valence-corrected chi connectivity index (χ3v) is 11.5. The molecular formula is C30H41N5O10S3. The van der Waals surface area contributed by atoms with Crippen LogP contribution in [0.3, 0.4) is 0 Å². The molecule has 2 aromatic carbocycles. The molecule has 0 amide bonds. The van der Waals surface area contributed by atoms with E-state index in [0.29, 0.717) is 26.2 Å². The molecule has 0 radical (unpaired) electrons. The van der Waals surface area contributed by atoms with E-state index in [1.54, 1.807) is 36.2 Å². The fraction of sp³-hybridized carbons (Fsp3) is 0.467. The Kier molecular flexibility index (Phi) is 10.3. The number of likely N-dealkylation sites (N-methyl/N-ethyl adjacent to an activating group) is 1. The molecule has 0 spiro atoms. The first kappa shape index (κ1) is 36.2. The molecule has 2 aromatic rings.